The first-order valence-electron chi connectivity index (χ1n) is 6.39. The van der Waals surface area contributed by atoms with Crippen molar-refractivity contribution < 1.29 is 9.90 Å². The molecule has 2 rings (SSSR count). The van der Waals surface area contributed by atoms with Crippen LogP contribution in [0, 0.1) is 13.8 Å². The number of anilines is 1. The van der Waals surface area contributed by atoms with E-state index < -0.39 is 5.97 Å². The molecule has 0 aliphatic rings. The van der Waals surface area contributed by atoms with Gasteiger partial charge in [-0.2, -0.15) is 0 Å². The lowest BCUT2D eigenvalue weighted by atomic mass is 10.3. The molecule has 0 atom stereocenters. The molecule has 106 valence electrons. The van der Waals surface area contributed by atoms with Gasteiger partial charge in [-0.15, -0.1) is 0 Å². The second-order valence-electron chi connectivity index (χ2n) is 4.50. The lowest BCUT2D eigenvalue weighted by Gasteiger charge is -2.19. The molecule has 0 spiro atoms. The zero-order chi connectivity index (χ0) is 14.7. The van der Waals surface area contributed by atoms with Crippen LogP contribution in [0.5, 0.6) is 0 Å². The van der Waals surface area contributed by atoms with Gasteiger partial charge in [-0.05, 0) is 32.9 Å². The predicted molar refractivity (Wildman–Crippen MR) is 79.5 cm³/mol. The van der Waals surface area contributed by atoms with Crippen LogP contribution in [0.25, 0.3) is 0 Å². The maximum absolute atomic E-state index is 11.1. The molecule has 1 N–H and O–H groups in total. The number of aryl methyl sites for hydroxylation is 2. The predicted octanol–water partition coefficient (Wildman–Crippen LogP) is 2.88. The summed E-state index contributed by atoms with van der Waals surface area (Å²) < 4.78 is 0. The number of carboxylic acid groups (broad SMARTS) is 1. The summed E-state index contributed by atoms with van der Waals surface area (Å²) in [4.78, 5) is 22.3. The number of carbonyl (C=O) groups is 1. The Balaban J connectivity index is 2.24. The summed E-state index contributed by atoms with van der Waals surface area (Å²) in [7, 11) is 0. The smallest absolute Gasteiger partial charge is 0.347 e. The van der Waals surface area contributed by atoms with E-state index in [1.807, 2.05) is 36.9 Å². The highest BCUT2D eigenvalue weighted by Crippen LogP contribution is 2.26. The van der Waals surface area contributed by atoms with Crippen molar-refractivity contribution in [2.24, 2.45) is 0 Å². The second kappa shape index (κ2) is 6.00. The van der Waals surface area contributed by atoms with Crippen LogP contribution in [0.4, 0.5) is 5.13 Å². The Morgan fingerprint density at radius 1 is 1.35 bits per heavy atom. The van der Waals surface area contributed by atoms with Gasteiger partial charge < -0.3 is 10.0 Å². The summed E-state index contributed by atoms with van der Waals surface area (Å²) in [6, 6.07) is 5.89. The van der Waals surface area contributed by atoms with E-state index in [2.05, 4.69) is 9.97 Å². The van der Waals surface area contributed by atoms with Gasteiger partial charge in [0.15, 0.2) is 5.13 Å². The van der Waals surface area contributed by atoms with E-state index in [1.54, 1.807) is 6.92 Å². The van der Waals surface area contributed by atoms with E-state index in [0.717, 1.165) is 23.1 Å². The third-order valence-corrected chi connectivity index (χ3v) is 4.14. The van der Waals surface area contributed by atoms with Crippen LogP contribution in [-0.4, -0.2) is 27.6 Å². The van der Waals surface area contributed by atoms with Gasteiger partial charge in [0.05, 0.1) is 17.9 Å². The summed E-state index contributed by atoms with van der Waals surface area (Å²) in [5, 5.41) is 9.83. The van der Waals surface area contributed by atoms with Crippen LogP contribution in [-0.2, 0) is 6.54 Å². The van der Waals surface area contributed by atoms with Crippen LogP contribution >= 0.6 is 11.3 Å². The molecule has 0 aliphatic heterocycles. The molecule has 20 heavy (non-hydrogen) atoms. The Kier molecular flexibility index (Phi) is 4.34. The third-order valence-electron chi connectivity index (χ3n) is 2.93. The summed E-state index contributed by atoms with van der Waals surface area (Å²) in [6.45, 7) is 7.08. The largest absolute Gasteiger partial charge is 0.477 e. The number of pyridine rings is 1. The van der Waals surface area contributed by atoms with Gasteiger partial charge in [-0.3, -0.25) is 4.98 Å². The molecular weight excluding hydrogens is 274 g/mol. The molecule has 6 heteroatoms. The van der Waals surface area contributed by atoms with E-state index in [9.17, 15) is 4.79 Å². The first kappa shape index (κ1) is 14.5. The van der Waals surface area contributed by atoms with Gasteiger partial charge in [0.25, 0.3) is 0 Å². The van der Waals surface area contributed by atoms with Crippen LogP contribution < -0.4 is 4.90 Å². The van der Waals surface area contributed by atoms with Crippen molar-refractivity contribution in [2.75, 3.05) is 11.4 Å². The molecule has 0 amide bonds. The molecule has 5 nitrogen and oxygen atoms in total. The molecule has 0 aliphatic carbocycles. The molecule has 0 bridgehead atoms. The minimum atomic E-state index is -0.920. The Labute approximate surface area is 121 Å². The first-order chi connectivity index (χ1) is 9.51. The Bertz CT molecular complexity index is 625. The van der Waals surface area contributed by atoms with E-state index in [4.69, 9.17) is 5.11 Å². The van der Waals surface area contributed by atoms with Crippen molar-refractivity contribution in [3.8, 4) is 0 Å². The quantitative estimate of drug-likeness (QED) is 0.917. The Hall–Kier alpha value is -1.95. The lowest BCUT2D eigenvalue weighted by Crippen LogP contribution is -2.22. The van der Waals surface area contributed by atoms with Crippen molar-refractivity contribution in [1.82, 2.24) is 9.97 Å². The number of hydrogen-bond donors (Lipinski definition) is 1. The van der Waals surface area contributed by atoms with Crippen LogP contribution in [0.15, 0.2) is 18.2 Å². The first-order valence-corrected chi connectivity index (χ1v) is 7.21. The van der Waals surface area contributed by atoms with Crippen LogP contribution in [0.2, 0.25) is 0 Å². The molecule has 0 saturated carbocycles. The van der Waals surface area contributed by atoms with Crippen LogP contribution in [0.3, 0.4) is 0 Å². The average molecular weight is 291 g/mol. The van der Waals surface area contributed by atoms with Gasteiger partial charge >= 0.3 is 5.97 Å². The third kappa shape index (κ3) is 3.14. The van der Waals surface area contributed by atoms with Crippen molar-refractivity contribution in [3.05, 3.63) is 40.2 Å². The minimum absolute atomic E-state index is 0.302. The normalized spacial score (nSPS) is 10.6. The van der Waals surface area contributed by atoms with Crippen molar-refractivity contribution in [3.63, 3.8) is 0 Å². The fourth-order valence-electron chi connectivity index (χ4n) is 1.91. The van der Waals surface area contributed by atoms with Gasteiger partial charge in [-0.1, -0.05) is 17.4 Å². The standard InChI is InChI=1S/C14H17N3O2S/c1-4-17(8-11-7-5-6-9(2)15-11)14-16-10(3)12(20-14)13(18)19/h5-7H,4,8H2,1-3H3,(H,18,19). The summed E-state index contributed by atoms with van der Waals surface area (Å²) in [5.41, 5.74) is 2.49. The molecule has 2 aromatic rings. The number of rotatable bonds is 5. The van der Waals surface area contributed by atoms with Gasteiger partial charge in [-0.25, -0.2) is 9.78 Å². The fourth-order valence-corrected chi connectivity index (χ4v) is 2.88. The average Bonchev–Trinajstić information content (AvgIpc) is 2.78. The number of carboxylic acids is 1. The summed E-state index contributed by atoms with van der Waals surface area (Å²) in [5.74, 6) is -0.920. The van der Waals surface area contributed by atoms with Crippen molar-refractivity contribution in [2.45, 2.75) is 27.3 Å². The molecule has 0 radical (unpaired) electrons. The van der Waals surface area contributed by atoms with Crippen LogP contribution in [0.1, 0.15) is 33.7 Å². The van der Waals surface area contributed by atoms with E-state index >= 15 is 0 Å². The van der Waals surface area contributed by atoms with E-state index in [0.29, 0.717) is 17.1 Å². The maximum Gasteiger partial charge on any atom is 0.347 e. The Morgan fingerprint density at radius 3 is 2.65 bits per heavy atom. The number of aromatic carboxylic acids is 1. The van der Waals surface area contributed by atoms with Crippen molar-refractivity contribution in [1.29, 1.82) is 0 Å². The minimum Gasteiger partial charge on any atom is -0.477 e. The Morgan fingerprint density at radius 2 is 2.10 bits per heavy atom. The number of thiazole rings is 1. The van der Waals surface area contributed by atoms with Gasteiger partial charge in [0.1, 0.15) is 4.88 Å². The highest BCUT2D eigenvalue weighted by atomic mass is 32.1. The molecular formula is C14H17N3O2S. The molecule has 0 aromatic carbocycles. The van der Waals surface area contributed by atoms with Gasteiger partial charge in [0, 0.05) is 12.2 Å². The fraction of sp³-hybridized carbons (Fsp3) is 0.357. The van der Waals surface area contributed by atoms with E-state index in [1.165, 1.54) is 11.3 Å². The van der Waals surface area contributed by atoms with Crippen molar-refractivity contribution >= 4 is 22.4 Å². The summed E-state index contributed by atoms with van der Waals surface area (Å²) >= 11 is 1.21. The highest BCUT2D eigenvalue weighted by Gasteiger charge is 2.17. The molecule has 0 saturated heterocycles. The SMILES string of the molecule is CCN(Cc1cccc(C)n1)c1nc(C)c(C(=O)O)s1. The topological polar surface area (TPSA) is 66.3 Å². The molecule has 2 aromatic heterocycles. The maximum atomic E-state index is 11.1. The zero-order valence-electron chi connectivity index (χ0n) is 11.8. The number of nitrogens with zero attached hydrogens (tertiary/aromatic N) is 3. The van der Waals surface area contributed by atoms with Gasteiger partial charge in [0.2, 0.25) is 0 Å². The summed E-state index contributed by atoms with van der Waals surface area (Å²) in [6.07, 6.45) is 0. The lowest BCUT2D eigenvalue weighted by molar-refractivity contribution is 0.0701. The van der Waals surface area contributed by atoms with E-state index in [-0.39, 0.29) is 0 Å². The molecule has 0 fully saturated rings. The monoisotopic (exact) mass is 291 g/mol. The number of hydrogen-bond acceptors (Lipinski definition) is 5. The molecule has 0 unspecified atom stereocenters. The zero-order valence-corrected chi connectivity index (χ0v) is 12.6. The highest BCUT2D eigenvalue weighted by molar-refractivity contribution is 7.17. The molecule has 2 heterocycles. The second-order valence-corrected chi connectivity index (χ2v) is 5.48. The number of aromatic nitrogens is 2.